The third kappa shape index (κ3) is 1.53. The van der Waals surface area contributed by atoms with E-state index in [1.807, 2.05) is 12.1 Å². The van der Waals surface area contributed by atoms with Crippen LogP contribution in [-0.2, 0) is 11.8 Å². The zero-order valence-electron chi connectivity index (χ0n) is 9.58. The van der Waals surface area contributed by atoms with Crippen molar-refractivity contribution in [2.24, 2.45) is 0 Å². The van der Waals surface area contributed by atoms with Crippen LogP contribution < -0.4 is 4.74 Å². The summed E-state index contributed by atoms with van der Waals surface area (Å²) in [5.41, 5.74) is 2.32. The predicted octanol–water partition coefficient (Wildman–Crippen LogP) is 2.28. The summed E-state index contributed by atoms with van der Waals surface area (Å²) in [4.78, 5) is 0. The molecule has 0 aromatic heterocycles. The van der Waals surface area contributed by atoms with Crippen molar-refractivity contribution in [3.63, 3.8) is 0 Å². The maximum Gasteiger partial charge on any atom is 0.122 e. The lowest BCUT2D eigenvalue weighted by Crippen LogP contribution is -2.38. The van der Waals surface area contributed by atoms with Crippen molar-refractivity contribution in [1.29, 1.82) is 0 Å². The van der Waals surface area contributed by atoms with E-state index in [4.69, 9.17) is 4.74 Å². The molecular weight excluding hydrogens is 188 g/mol. The molecule has 0 unspecified atom stereocenters. The van der Waals surface area contributed by atoms with Gasteiger partial charge in [-0.2, -0.15) is 0 Å². The summed E-state index contributed by atoms with van der Waals surface area (Å²) >= 11 is 0. The van der Waals surface area contributed by atoms with Crippen LogP contribution in [-0.4, -0.2) is 18.3 Å². The van der Waals surface area contributed by atoms with Crippen molar-refractivity contribution < 1.29 is 9.84 Å². The van der Waals surface area contributed by atoms with Gasteiger partial charge in [-0.05, 0) is 30.0 Å². The lowest BCUT2D eigenvalue weighted by Gasteiger charge is -2.37. The van der Waals surface area contributed by atoms with Crippen molar-refractivity contribution in [2.75, 3.05) is 7.11 Å². The van der Waals surface area contributed by atoms with Crippen LogP contribution in [0, 0.1) is 0 Å². The first-order valence-corrected chi connectivity index (χ1v) is 5.42. The highest BCUT2D eigenvalue weighted by molar-refractivity contribution is 5.46. The van der Waals surface area contributed by atoms with Gasteiger partial charge in [0, 0.05) is 5.41 Å². The Morgan fingerprint density at radius 2 is 2.13 bits per heavy atom. The van der Waals surface area contributed by atoms with Gasteiger partial charge < -0.3 is 9.84 Å². The van der Waals surface area contributed by atoms with Gasteiger partial charge >= 0.3 is 0 Å². The molecule has 0 spiro atoms. The number of hydrogen-bond acceptors (Lipinski definition) is 2. The van der Waals surface area contributed by atoms with Gasteiger partial charge in [0.2, 0.25) is 0 Å². The Balaban J connectivity index is 2.56. The van der Waals surface area contributed by atoms with Crippen LogP contribution in [0.2, 0.25) is 0 Å². The molecule has 1 aromatic carbocycles. The lowest BCUT2D eigenvalue weighted by atomic mass is 9.70. The molecule has 1 aliphatic carbocycles. The second kappa shape index (κ2) is 3.53. The first-order chi connectivity index (χ1) is 7.07. The quantitative estimate of drug-likeness (QED) is 0.764. The maximum absolute atomic E-state index is 10.0. The summed E-state index contributed by atoms with van der Waals surface area (Å²) in [5, 5.41) is 10.0. The highest BCUT2D eigenvalue weighted by Gasteiger charge is 2.36. The molecule has 1 aromatic rings. The Labute approximate surface area is 90.9 Å². The highest BCUT2D eigenvalue weighted by Crippen LogP contribution is 2.40. The SMILES string of the molecule is COc1cccc2c1CC[C@@H](O)C2(C)C. The number of hydrogen-bond donors (Lipinski definition) is 1. The van der Waals surface area contributed by atoms with Crippen LogP contribution in [0.3, 0.4) is 0 Å². The standard InChI is InChI=1S/C13H18O2/c1-13(2)10-5-4-6-11(15-3)9(10)7-8-12(13)14/h4-6,12,14H,7-8H2,1-3H3/t12-/m1/s1. The molecule has 2 nitrogen and oxygen atoms in total. The average Bonchev–Trinajstić information content (AvgIpc) is 2.23. The molecule has 15 heavy (non-hydrogen) atoms. The molecular formula is C13H18O2. The number of aliphatic hydroxyl groups excluding tert-OH is 1. The molecule has 82 valence electrons. The normalized spacial score (nSPS) is 23.3. The third-order valence-corrected chi connectivity index (χ3v) is 3.55. The van der Waals surface area contributed by atoms with E-state index < -0.39 is 0 Å². The lowest BCUT2D eigenvalue weighted by molar-refractivity contribution is 0.0825. The van der Waals surface area contributed by atoms with Gasteiger partial charge in [-0.25, -0.2) is 0 Å². The summed E-state index contributed by atoms with van der Waals surface area (Å²) in [6.07, 6.45) is 1.47. The van der Waals surface area contributed by atoms with Crippen molar-refractivity contribution in [2.45, 2.75) is 38.2 Å². The number of ether oxygens (including phenoxy) is 1. The molecule has 0 saturated carbocycles. The Morgan fingerprint density at radius 1 is 1.40 bits per heavy atom. The van der Waals surface area contributed by atoms with Gasteiger partial charge in [0.1, 0.15) is 5.75 Å². The molecule has 2 heteroatoms. The molecule has 0 saturated heterocycles. The first kappa shape index (κ1) is 10.5. The number of benzene rings is 1. The minimum absolute atomic E-state index is 0.165. The Bertz CT molecular complexity index is 369. The van der Waals surface area contributed by atoms with E-state index in [2.05, 4.69) is 19.9 Å². The molecule has 0 radical (unpaired) electrons. The van der Waals surface area contributed by atoms with Crippen molar-refractivity contribution in [3.05, 3.63) is 29.3 Å². The monoisotopic (exact) mass is 206 g/mol. The summed E-state index contributed by atoms with van der Waals surface area (Å²) in [7, 11) is 1.70. The fourth-order valence-electron chi connectivity index (χ4n) is 2.44. The molecule has 0 fully saturated rings. The van der Waals surface area contributed by atoms with Crippen LogP contribution in [0.4, 0.5) is 0 Å². The van der Waals surface area contributed by atoms with E-state index in [1.165, 1.54) is 11.1 Å². The second-order valence-corrected chi connectivity index (χ2v) is 4.76. The summed E-state index contributed by atoms with van der Waals surface area (Å²) in [6.45, 7) is 4.18. The van der Waals surface area contributed by atoms with E-state index in [9.17, 15) is 5.11 Å². The van der Waals surface area contributed by atoms with Gasteiger partial charge in [-0.3, -0.25) is 0 Å². The topological polar surface area (TPSA) is 29.5 Å². The van der Waals surface area contributed by atoms with E-state index in [-0.39, 0.29) is 11.5 Å². The predicted molar refractivity (Wildman–Crippen MR) is 60.3 cm³/mol. The van der Waals surface area contributed by atoms with Gasteiger partial charge in [0.25, 0.3) is 0 Å². The maximum atomic E-state index is 10.0. The molecule has 0 bridgehead atoms. The van der Waals surface area contributed by atoms with Crippen LogP contribution in [0.15, 0.2) is 18.2 Å². The Hall–Kier alpha value is -1.02. The minimum Gasteiger partial charge on any atom is -0.496 e. The number of aliphatic hydroxyl groups is 1. The van der Waals surface area contributed by atoms with Crippen molar-refractivity contribution in [1.82, 2.24) is 0 Å². The Morgan fingerprint density at radius 3 is 2.80 bits per heavy atom. The molecule has 2 rings (SSSR count). The van der Waals surface area contributed by atoms with Gasteiger partial charge in [0.05, 0.1) is 13.2 Å². The number of rotatable bonds is 1. The summed E-state index contributed by atoms with van der Waals surface area (Å²) in [5.74, 6) is 0.951. The second-order valence-electron chi connectivity index (χ2n) is 4.76. The average molecular weight is 206 g/mol. The van der Waals surface area contributed by atoms with Gasteiger partial charge in [-0.1, -0.05) is 26.0 Å². The first-order valence-electron chi connectivity index (χ1n) is 5.42. The van der Waals surface area contributed by atoms with Crippen LogP contribution in [0.1, 0.15) is 31.4 Å². The largest absolute Gasteiger partial charge is 0.496 e. The molecule has 0 aliphatic heterocycles. The zero-order chi connectivity index (χ0) is 11.1. The van der Waals surface area contributed by atoms with E-state index in [1.54, 1.807) is 7.11 Å². The van der Waals surface area contributed by atoms with Gasteiger partial charge in [-0.15, -0.1) is 0 Å². The highest BCUT2D eigenvalue weighted by atomic mass is 16.5. The summed E-state index contributed by atoms with van der Waals surface area (Å²) in [6, 6.07) is 6.09. The molecule has 0 heterocycles. The smallest absolute Gasteiger partial charge is 0.122 e. The van der Waals surface area contributed by atoms with Crippen LogP contribution in [0.25, 0.3) is 0 Å². The Kier molecular flexibility index (Phi) is 2.47. The summed E-state index contributed by atoms with van der Waals surface area (Å²) < 4.78 is 5.36. The number of methoxy groups -OCH3 is 1. The van der Waals surface area contributed by atoms with E-state index in [0.29, 0.717) is 0 Å². The fourth-order valence-corrected chi connectivity index (χ4v) is 2.44. The van der Waals surface area contributed by atoms with Gasteiger partial charge in [0.15, 0.2) is 0 Å². The molecule has 1 atom stereocenters. The van der Waals surface area contributed by atoms with Crippen molar-refractivity contribution in [3.8, 4) is 5.75 Å². The van der Waals surface area contributed by atoms with E-state index >= 15 is 0 Å². The van der Waals surface area contributed by atoms with E-state index in [0.717, 1.165) is 18.6 Å². The zero-order valence-corrected chi connectivity index (χ0v) is 9.58. The number of fused-ring (bicyclic) bond motifs is 1. The fraction of sp³-hybridized carbons (Fsp3) is 0.538. The minimum atomic E-state index is -0.253. The third-order valence-electron chi connectivity index (χ3n) is 3.55. The van der Waals surface area contributed by atoms with Crippen LogP contribution in [0.5, 0.6) is 5.75 Å². The molecule has 1 aliphatic rings. The molecule has 0 amide bonds. The van der Waals surface area contributed by atoms with Crippen molar-refractivity contribution >= 4 is 0 Å². The van der Waals surface area contributed by atoms with Crippen LogP contribution >= 0.6 is 0 Å². The molecule has 1 N–H and O–H groups in total.